The van der Waals surface area contributed by atoms with Crippen LogP contribution in [0.15, 0.2) is 42.6 Å². The van der Waals surface area contributed by atoms with Crippen LogP contribution >= 0.6 is 0 Å². The Morgan fingerprint density at radius 2 is 2.00 bits per heavy atom. The van der Waals surface area contributed by atoms with E-state index in [4.69, 9.17) is 4.74 Å². The van der Waals surface area contributed by atoms with Crippen LogP contribution in [0.25, 0.3) is 10.9 Å². The Kier molecular flexibility index (Phi) is 5.67. The molecule has 1 saturated heterocycles. The van der Waals surface area contributed by atoms with Gasteiger partial charge >= 0.3 is 0 Å². The number of aromatic amines is 1. The van der Waals surface area contributed by atoms with E-state index in [-0.39, 0.29) is 24.1 Å². The van der Waals surface area contributed by atoms with Crippen LogP contribution in [0.4, 0.5) is 4.39 Å². The van der Waals surface area contributed by atoms with Gasteiger partial charge in [0.25, 0.3) is 0 Å². The molecule has 0 aliphatic carbocycles. The second-order valence-corrected chi connectivity index (χ2v) is 7.71. The second kappa shape index (κ2) is 8.37. The standard InChI is InChI=1S/C24H27FN2O2/c1-3-17-5-4-6-18-21(15-26-24(17)18)19(20-13-16(2)7-8-22(20)25)14-23(28)27-9-11-29-12-10-27/h4-8,13,15,19,26H,3,9-12,14H2,1-2H3. The molecule has 152 valence electrons. The van der Waals surface area contributed by atoms with Crippen LogP contribution in [0.5, 0.6) is 0 Å². The number of amides is 1. The quantitative estimate of drug-likeness (QED) is 0.690. The van der Waals surface area contributed by atoms with Crippen LogP contribution in [-0.2, 0) is 16.0 Å². The van der Waals surface area contributed by atoms with Crippen molar-refractivity contribution in [3.8, 4) is 0 Å². The number of aromatic nitrogens is 1. The van der Waals surface area contributed by atoms with Gasteiger partial charge in [-0.05, 0) is 36.1 Å². The van der Waals surface area contributed by atoms with Crippen LogP contribution < -0.4 is 0 Å². The minimum Gasteiger partial charge on any atom is -0.378 e. The fourth-order valence-electron chi connectivity index (χ4n) is 4.26. The molecule has 0 bridgehead atoms. The Morgan fingerprint density at radius 3 is 2.76 bits per heavy atom. The fourth-order valence-corrected chi connectivity index (χ4v) is 4.26. The van der Waals surface area contributed by atoms with Gasteiger partial charge in [-0.1, -0.05) is 42.8 Å². The number of benzene rings is 2. The first kappa shape index (κ1) is 19.6. The summed E-state index contributed by atoms with van der Waals surface area (Å²) < 4.78 is 20.3. The number of nitrogens with one attached hydrogen (secondary N) is 1. The zero-order chi connectivity index (χ0) is 20.4. The molecule has 4 rings (SSSR count). The summed E-state index contributed by atoms with van der Waals surface area (Å²) in [6.07, 6.45) is 3.10. The molecule has 29 heavy (non-hydrogen) atoms. The Labute approximate surface area is 170 Å². The maximum absolute atomic E-state index is 14.9. The molecule has 4 nitrogen and oxygen atoms in total. The van der Waals surface area contributed by atoms with E-state index in [1.54, 1.807) is 6.07 Å². The third kappa shape index (κ3) is 3.92. The number of morpholine rings is 1. The smallest absolute Gasteiger partial charge is 0.223 e. The van der Waals surface area contributed by atoms with E-state index >= 15 is 0 Å². The number of hydrogen-bond acceptors (Lipinski definition) is 2. The normalized spacial score (nSPS) is 15.6. The summed E-state index contributed by atoms with van der Waals surface area (Å²) in [6.45, 7) is 6.37. The monoisotopic (exact) mass is 394 g/mol. The van der Waals surface area contributed by atoms with Crippen molar-refractivity contribution in [2.45, 2.75) is 32.6 Å². The first-order valence-electron chi connectivity index (χ1n) is 10.3. The summed E-state index contributed by atoms with van der Waals surface area (Å²) in [5.41, 5.74) is 4.83. The Balaban J connectivity index is 1.78. The average molecular weight is 394 g/mol. The molecule has 0 spiro atoms. The molecular formula is C24H27FN2O2. The number of fused-ring (bicyclic) bond motifs is 1. The molecule has 2 aromatic carbocycles. The molecule has 1 N–H and O–H groups in total. The van der Waals surface area contributed by atoms with E-state index in [1.165, 1.54) is 11.6 Å². The predicted octanol–water partition coefficient (Wildman–Crippen LogP) is 4.56. The van der Waals surface area contributed by atoms with Crippen molar-refractivity contribution >= 4 is 16.8 Å². The lowest BCUT2D eigenvalue weighted by molar-refractivity contribution is -0.135. The van der Waals surface area contributed by atoms with E-state index in [0.717, 1.165) is 28.5 Å². The SMILES string of the molecule is CCc1cccc2c(C(CC(=O)N3CCOCC3)c3cc(C)ccc3F)c[nH]c12. The molecule has 1 atom stereocenters. The van der Waals surface area contributed by atoms with Gasteiger partial charge in [0.05, 0.1) is 13.2 Å². The molecule has 1 aliphatic rings. The molecule has 2 heterocycles. The van der Waals surface area contributed by atoms with E-state index in [0.29, 0.717) is 31.9 Å². The molecule has 0 radical (unpaired) electrons. The van der Waals surface area contributed by atoms with Crippen molar-refractivity contribution in [2.24, 2.45) is 0 Å². The number of nitrogens with zero attached hydrogens (tertiary/aromatic N) is 1. The summed E-state index contributed by atoms with van der Waals surface area (Å²) in [4.78, 5) is 18.3. The molecule has 0 saturated carbocycles. The third-order valence-electron chi connectivity index (χ3n) is 5.86. The van der Waals surface area contributed by atoms with Gasteiger partial charge in [-0.25, -0.2) is 4.39 Å². The number of H-pyrrole nitrogens is 1. The van der Waals surface area contributed by atoms with E-state index in [2.05, 4.69) is 24.0 Å². The largest absolute Gasteiger partial charge is 0.378 e. The van der Waals surface area contributed by atoms with Crippen molar-refractivity contribution in [1.29, 1.82) is 0 Å². The molecular weight excluding hydrogens is 367 g/mol. The van der Waals surface area contributed by atoms with E-state index < -0.39 is 0 Å². The number of carbonyl (C=O) groups is 1. The van der Waals surface area contributed by atoms with Gasteiger partial charge in [0.15, 0.2) is 0 Å². The van der Waals surface area contributed by atoms with Gasteiger partial charge in [-0.15, -0.1) is 0 Å². The summed E-state index contributed by atoms with van der Waals surface area (Å²) in [6, 6.07) is 11.3. The van der Waals surface area contributed by atoms with Gasteiger partial charge in [-0.2, -0.15) is 0 Å². The van der Waals surface area contributed by atoms with Crippen molar-refractivity contribution in [1.82, 2.24) is 9.88 Å². The maximum Gasteiger partial charge on any atom is 0.223 e. The summed E-state index contributed by atoms with van der Waals surface area (Å²) in [7, 11) is 0. The molecule has 1 aromatic heterocycles. The first-order chi connectivity index (χ1) is 14.1. The molecule has 3 aromatic rings. The molecule has 1 amide bonds. The van der Waals surface area contributed by atoms with Crippen molar-refractivity contribution < 1.29 is 13.9 Å². The van der Waals surface area contributed by atoms with Crippen LogP contribution in [-0.4, -0.2) is 42.1 Å². The lowest BCUT2D eigenvalue weighted by Crippen LogP contribution is -2.41. The minimum atomic E-state index is -0.342. The lowest BCUT2D eigenvalue weighted by Gasteiger charge is -2.29. The number of ether oxygens (including phenoxy) is 1. The van der Waals surface area contributed by atoms with Crippen LogP contribution in [0.3, 0.4) is 0 Å². The summed E-state index contributed by atoms with van der Waals surface area (Å²) >= 11 is 0. The average Bonchev–Trinajstić information content (AvgIpc) is 3.18. The molecule has 5 heteroatoms. The Bertz CT molecular complexity index is 1020. The summed E-state index contributed by atoms with van der Waals surface area (Å²) in [5.74, 6) is -0.567. The predicted molar refractivity (Wildman–Crippen MR) is 113 cm³/mol. The van der Waals surface area contributed by atoms with Gasteiger partial charge < -0.3 is 14.6 Å². The minimum absolute atomic E-state index is 0.0419. The Morgan fingerprint density at radius 1 is 1.21 bits per heavy atom. The van der Waals surface area contributed by atoms with Gasteiger partial charge in [0.2, 0.25) is 5.91 Å². The molecule has 1 aliphatic heterocycles. The number of rotatable bonds is 5. The van der Waals surface area contributed by atoms with E-state index in [9.17, 15) is 9.18 Å². The van der Waals surface area contributed by atoms with Gasteiger partial charge in [0, 0.05) is 42.5 Å². The molecule has 1 unspecified atom stereocenters. The highest BCUT2D eigenvalue weighted by Crippen LogP contribution is 2.36. The second-order valence-electron chi connectivity index (χ2n) is 7.71. The van der Waals surface area contributed by atoms with Crippen molar-refractivity contribution in [2.75, 3.05) is 26.3 Å². The highest BCUT2D eigenvalue weighted by atomic mass is 19.1. The van der Waals surface area contributed by atoms with E-state index in [1.807, 2.05) is 30.2 Å². The highest BCUT2D eigenvalue weighted by molar-refractivity contribution is 5.88. The van der Waals surface area contributed by atoms with Crippen LogP contribution in [0.1, 0.15) is 41.5 Å². The number of halogens is 1. The number of carbonyl (C=O) groups excluding carboxylic acids is 1. The van der Waals surface area contributed by atoms with Crippen molar-refractivity contribution in [3.63, 3.8) is 0 Å². The van der Waals surface area contributed by atoms with Gasteiger partial charge in [-0.3, -0.25) is 4.79 Å². The third-order valence-corrected chi connectivity index (χ3v) is 5.86. The first-order valence-corrected chi connectivity index (χ1v) is 10.3. The number of aryl methyl sites for hydroxylation is 2. The van der Waals surface area contributed by atoms with Crippen LogP contribution in [0, 0.1) is 12.7 Å². The zero-order valence-corrected chi connectivity index (χ0v) is 17.0. The topological polar surface area (TPSA) is 45.3 Å². The van der Waals surface area contributed by atoms with Crippen LogP contribution in [0.2, 0.25) is 0 Å². The number of para-hydroxylation sites is 1. The fraction of sp³-hybridized carbons (Fsp3) is 0.375. The Hall–Kier alpha value is -2.66. The maximum atomic E-state index is 14.9. The van der Waals surface area contributed by atoms with Gasteiger partial charge in [0.1, 0.15) is 5.82 Å². The molecule has 1 fully saturated rings. The highest BCUT2D eigenvalue weighted by Gasteiger charge is 2.27. The lowest BCUT2D eigenvalue weighted by atomic mass is 9.86. The van der Waals surface area contributed by atoms with Crippen molar-refractivity contribution in [3.05, 3.63) is 70.7 Å². The zero-order valence-electron chi connectivity index (χ0n) is 17.0. The summed E-state index contributed by atoms with van der Waals surface area (Å²) in [5, 5.41) is 1.06. The number of hydrogen-bond donors (Lipinski definition) is 1.